The van der Waals surface area contributed by atoms with Crippen LogP contribution in [-0.2, 0) is 6.54 Å². The van der Waals surface area contributed by atoms with E-state index < -0.39 is 0 Å². The third-order valence-corrected chi connectivity index (χ3v) is 4.37. The molecule has 0 amide bonds. The van der Waals surface area contributed by atoms with Gasteiger partial charge in [-0.3, -0.25) is 4.40 Å². The van der Waals surface area contributed by atoms with Gasteiger partial charge in [0.25, 0.3) is 0 Å². The van der Waals surface area contributed by atoms with Crippen LogP contribution in [0.2, 0.25) is 0 Å². The molecule has 0 aliphatic rings. The highest BCUT2D eigenvalue weighted by Crippen LogP contribution is 2.28. The SMILES string of the molecule is Cc1cc2nnc(-c3ccc(CN)cc3)n2c2c(C)cccc12. The maximum atomic E-state index is 5.69. The lowest BCUT2D eigenvalue weighted by molar-refractivity contribution is 1.07. The summed E-state index contributed by atoms with van der Waals surface area (Å²) in [6.45, 7) is 4.79. The summed E-state index contributed by atoms with van der Waals surface area (Å²) in [6, 6.07) is 16.7. The Hall–Kier alpha value is -2.72. The molecule has 114 valence electrons. The normalized spacial score (nSPS) is 11.4. The summed E-state index contributed by atoms with van der Waals surface area (Å²) < 4.78 is 2.15. The molecule has 2 N–H and O–H groups in total. The van der Waals surface area contributed by atoms with Gasteiger partial charge in [-0.05, 0) is 36.6 Å². The number of aromatic nitrogens is 3. The van der Waals surface area contributed by atoms with E-state index in [0.717, 1.165) is 22.6 Å². The van der Waals surface area contributed by atoms with Crippen LogP contribution in [-0.4, -0.2) is 14.6 Å². The third kappa shape index (κ3) is 2.11. The number of nitrogens with zero attached hydrogens (tertiary/aromatic N) is 3. The second-order valence-electron chi connectivity index (χ2n) is 5.92. The van der Waals surface area contributed by atoms with E-state index in [1.54, 1.807) is 0 Å². The van der Waals surface area contributed by atoms with Gasteiger partial charge in [0.1, 0.15) is 0 Å². The van der Waals surface area contributed by atoms with Gasteiger partial charge in [0.15, 0.2) is 11.5 Å². The minimum absolute atomic E-state index is 0.544. The fourth-order valence-corrected chi connectivity index (χ4v) is 3.13. The van der Waals surface area contributed by atoms with Gasteiger partial charge >= 0.3 is 0 Å². The van der Waals surface area contributed by atoms with Crippen LogP contribution >= 0.6 is 0 Å². The number of hydrogen-bond acceptors (Lipinski definition) is 3. The fraction of sp³-hybridized carbons (Fsp3) is 0.158. The van der Waals surface area contributed by atoms with Crippen molar-refractivity contribution in [3.63, 3.8) is 0 Å². The van der Waals surface area contributed by atoms with Crippen molar-refractivity contribution in [3.8, 4) is 11.4 Å². The third-order valence-electron chi connectivity index (χ3n) is 4.37. The highest BCUT2D eigenvalue weighted by molar-refractivity contribution is 5.89. The smallest absolute Gasteiger partial charge is 0.168 e. The number of hydrogen-bond donors (Lipinski definition) is 1. The maximum absolute atomic E-state index is 5.69. The lowest BCUT2D eigenvalue weighted by atomic mass is 10.1. The molecule has 4 rings (SSSR count). The molecule has 0 unspecified atom stereocenters. The van der Waals surface area contributed by atoms with Crippen LogP contribution in [0.4, 0.5) is 0 Å². The van der Waals surface area contributed by atoms with E-state index in [-0.39, 0.29) is 0 Å². The van der Waals surface area contributed by atoms with Gasteiger partial charge in [-0.15, -0.1) is 10.2 Å². The number of pyridine rings is 1. The Morgan fingerprint density at radius 2 is 1.74 bits per heavy atom. The molecule has 0 radical (unpaired) electrons. The molecule has 0 fully saturated rings. The van der Waals surface area contributed by atoms with Gasteiger partial charge in [0.05, 0.1) is 5.52 Å². The molecule has 4 nitrogen and oxygen atoms in total. The van der Waals surface area contributed by atoms with Crippen LogP contribution < -0.4 is 5.73 Å². The van der Waals surface area contributed by atoms with Gasteiger partial charge < -0.3 is 5.73 Å². The second-order valence-corrected chi connectivity index (χ2v) is 5.92. The van der Waals surface area contributed by atoms with E-state index in [1.807, 2.05) is 12.1 Å². The summed E-state index contributed by atoms with van der Waals surface area (Å²) in [4.78, 5) is 0. The zero-order chi connectivity index (χ0) is 16.0. The minimum Gasteiger partial charge on any atom is -0.326 e. The monoisotopic (exact) mass is 302 g/mol. The summed E-state index contributed by atoms with van der Waals surface area (Å²) in [5, 5.41) is 10.0. The summed E-state index contributed by atoms with van der Waals surface area (Å²) in [5.41, 5.74) is 12.3. The van der Waals surface area contributed by atoms with Crippen molar-refractivity contribution in [2.45, 2.75) is 20.4 Å². The van der Waals surface area contributed by atoms with E-state index in [9.17, 15) is 0 Å². The summed E-state index contributed by atoms with van der Waals surface area (Å²) in [7, 11) is 0. The average Bonchev–Trinajstić information content (AvgIpc) is 2.99. The number of aryl methyl sites for hydroxylation is 2. The van der Waals surface area contributed by atoms with Crippen molar-refractivity contribution >= 4 is 16.6 Å². The molecular weight excluding hydrogens is 284 g/mol. The molecule has 4 aromatic rings. The first-order valence-corrected chi connectivity index (χ1v) is 7.72. The molecule has 0 atom stereocenters. The first-order valence-electron chi connectivity index (χ1n) is 7.72. The molecule has 0 aliphatic carbocycles. The van der Waals surface area contributed by atoms with Gasteiger partial charge in [0.2, 0.25) is 0 Å². The first kappa shape index (κ1) is 13.9. The quantitative estimate of drug-likeness (QED) is 0.615. The Morgan fingerprint density at radius 1 is 0.957 bits per heavy atom. The fourth-order valence-electron chi connectivity index (χ4n) is 3.13. The Bertz CT molecular complexity index is 1010. The van der Waals surface area contributed by atoms with Crippen LogP contribution in [0.15, 0.2) is 48.5 Å². The molecule has 0 saturated carbocycles. The van der Waals surface area contributed by atoms with Gasteiger partial charge in [0, 0.05) is 17.5 Å². The Labute approximate surface area is 134 Å². The van der Waals surface area contributed by atoms with E-state index >= 15 is 0 Å². The highest BCUT2D eigenvalue weighted by atomic mass is 15.2. The van der Waals surface area contributed by atoms with Gasteiger partial charge in [-0.1, -0.05) is 42.5 Å². The van der Waals surface area contributed by atoms with Crippen molar-refractivity contribution in [2.24, 2.45) is 5.73 Å². The van der Waals surface area contributed by atoms with Gasteiger partial charge in [-0.25, -0.2) is 0 Å². The molecule has 2 aromatic carbocycles. The predicted octanol–water partition coefficient (Wildman–Crippen LogP) is 3.63. The summed E-state index contributed by atoms with van der Waals surface area (Å²) in [6.07, 6.45) is 0. The van der Waals surface area contributed by atoms with Crippen molar-refractivity contribution in [3.05, 3.63) is 65.2 Å². The summed E-state index contributed by atoms with van der Waals surface area (Å²) in [5.74, 6) is 0.864. The second kappa shape index (κ2) is 5.18. The van der Waals surface area contributed by atoms with Crippen LogP contribution in [0.1, 0.15) is 16.7 Å². The number of rotatable bonds is 2. The lowest BCUT2D eigenvalue weighted by Gasteiger charge is -2.10. The van der Waals surface area contributed by atoms with Crippen molar-refractivity contribution < 1.29 is 0 Å². The number of benzene rings is 2. The molecule has 2 heterocycles. The molecule has 23 heavy (non-hydrogen) atoms. The number of para-hydroxylation sites is 1. The van der Waals surface area contributed by atoms with Crippen molar-refractivity contribution in [1.29, 1.82) is 0 Å². The number of fused-ring (bicyclic) bond motifs is 3. The maximum Gasteiger partial charge on any atom is 0.168 e. The van der Waals surface area contributed by atoms with Crippen LogP contribution in [0.25, 0.3) is 27.9 Å². The standard InChI is InChI=1S/C19H18N4/c1-12-4-3-5-16-13(2)10-17-21-22-19(23(17)18(12)16)15-8-6-14(11-20)7-9-15/h3-10H,11,20H2,1-2H3. The highest BCUT2D eigenvalue weighted by Gasteiger charge is 2.13. The molecule has 0 spiro atoms. The Morgan fingerprint density at radius 3 is 2.48 bits per heavy atom. The molecular formula is C19H18N4. The molecule has 0 saturated heterocycles. The Balaban J connectivity index is 2.08. The lowest BCUT2D eigenvalue weighted by Crippen LogP contribution is -1.98. The largest absolute Gasteiger partial charge is 0.326 e. The van der Waals surface area contributed by atoms with Crippen LogP contribution in [0, 0.1) is 13.8 Å². The molecule has 0 bridgehead atoms. The molecule has 2 aromatic heterocycles. The molecule has 0 aliphatic heterocycles. The van der Waals surface area contributed by atoms with E-state index in [1.165, 1.54) is 22.0 Å². The van der Waals surface area contributed by atoms with E-state index in [0.29, 0.717) is 6.54 Å². The van der Waals surface area contributed by atoms with Crippen molar-refractivity contribution in [1.82, 2.24) is 14.6 Å². The average molecular weight is 302 g/mol. The first-order chi connectivity index (χ1) is 11.2. The van der Waals surface area contributed by atoms with E-state index in [2.05, 4.69) is 64.8 Å². The minimum atomic E-state index is 0.544. The zero-order valence-corrected chi connectivity index (χ0v) is 13.2. The predicted molar refractivity (Wildman–Crippen MR) is 93.3 cm³/mol. The molecule has 4 heteroatoms. The van der Waals surface area contributed by atoms with Crippen LogP contribution in [0.3, 0.4) is 0 Å². The summed E-state index contributed by atoms with van der Waals surface area (Å²) >= 11 is 0. The topological polar surface area (TPSA) is 56.2 Å². The van der Waals surface area contributed by atoms with E-state index in [4.69, 9.17) is 5.73 Å². The van der Waals surface area contributed by atoms with Crippen molar-refractivity contribution in [2.75, 3.05) is 0 Å². The van der Waals surface area contributed by atoms with Gasteiger partial charge in [-0.2, -0.15) is 0 Å². The van der Waals surface area contributed by atoms with Crippen LogP contribution in [0.5, 0.6) is 0 Å². The zero-order valence-electron chi connectivity index (χ0n) is 13.2. The number of nitrogens with two attached hydrogens (primary N) is 1. The Kier molecular flexibility index (Phi) is 3.13.